The van der Waals surface area contributed by atoms with E-state index in [4.69, 9.17) is 20.8 Å². The summed E-state index contributed by atoms with van der Waals surface area (Å²) >= 11 is 6.39. The average Bonchev–Trinajstić information content (AvgIpc) is 2.78. The lowest BCUT2D eigenvalue weighted by atomic mass is 10.1. The van der Waals surface area contributed by atoms with Crippen LogP contribution in [0.3, 0.4) is 0 Å². The SMILES string of the molecule is COc1ccc(C(=O)Nc2ccc(-c3cc4ccccc4oc3=O)c(Cl)c2)cc1[N+](=O)[O-]. The van der Waals surface area contributed by atoms with Gasteiger partial charge in [0.15, 0.2) is 5.75 Å². The number of nitrogens with one attached hydrogen (secondary N) is 1. The van der Waals surface area contributed by atoms with Gasteiger partial charge in [0.25, 0.3) is 5.91 Å². The Labute approximate surface area is 186 Å². The van der Waals surface area contributed by atoms with Gasteiger partial charge >= 0.3 is 11.3 Å². The number of para-hydroxylation sites is 1. The maximum Gasteiger partial charge on any atom is 0.344 e. The Morgan fingerprint density at radius 2 is 1.84 bits per heavy atom. The van der Waals surface area contributed by atoms with Crippen LogP contribution in [0.25, 0.3) is 22.1 Å². The van der Waals surface area contributed by atoms with E-state index in [2.05, 4.69) is 5.32 Å². The van der Waals surface area contributed by atoms with E-state index < -0.39 is 16.5 Å². The van der Waals surface area contributed by atoms with Gasteiger partial charge in [-0.1, -0.05) is 35.9 Å². The van der Waals surface area contributed by atoms with Crippen molar-refractivity contribution in [2.75, 3.05) is 12.4 Å². The molecule has 160 valence electrons. The molecule has 0 aliphatic carbocycles. The summed E-state index contributed by atoms with van der Waals surface area (Å²) in [5, 5.41) is 14.8. The van der Waals surface area contributed by atoms with E-state index in [-0.39, 0.29) is 27.6 Å². The number of nitrogens with zero attached hydrogens (tertiary/aromatic N) is 1. The number of amides is 1. The molecular weight excluding hydrogens is 436 g/mol. The number of ether oxygens (including phenoxy) is 1. The molecule has 3 aromatic carbocycles. The molecule has 1 amide bonds. The zero-order chi connectivity index (χ0) is 22.8. The van der Waals surface area contributed by atoms with E-state index in [0.717, 1.165) is 11.5 Å². The van der Waals surface area contributed by atoms with Crippen molar-refractivity contribution in [3.05, 3.63) is 97.9 Å². The number of nitro groups is 1. The summed E-state index contributed by atoms with van der Waals surface area (Å²) < 4.78 is 10.3. The first kappa shape index (κ1) is 21.1. The highest BCUT2D eigenvalue weighted by molar-refractivity contribution is 6.33. The van der Waals surface area contributed by atoms with Gasteiger partial charge in [0, 0.05) is 28.3 Å². The Bertz CT molecular complexity index is 1430. The van der Waals surface area contributed by atoms with Crippen LogP contribution in [0.4, 0.5) is 11.4 Å². The topological polar surface area (TPSA) is 112 Å². The summed E-state index contributed by atoms with van der Waals surface area (Å²) in [6.07, 6.45) is 0. The minimum atomic E-state index is -0.629. The molecule has 1 N–H and O–H groups in total. The van der Waals surface area contributed by atoms with Crippen molar-refractivity contribution in [2.24, 2.45) is 0 Å². The second kappa shape index (κ2) is 8.52. The predicted octanol–water partition coefficient (Wildman–Crippen LogP) is 5.28. The van der Waals surface area contributed by atoms with E-state index in [1.165, 1.54) is 25.3 Å². The predicted molar refractivity (Wildman–Crippen MR) is 121 cm³/mol. The zero-order valence-corrected chi connectivity index (χ0v) is 17.4. The van der Waals surface area contributed by atoms with Crippen molar-refractivity contribution in [3.63, 3.8) is 0 Å². The summed E-state index contributed by atoms with van der Waals surface area (Å²) in [6, 6.07) is 17.4. The number of carbonyl (C=O) groups excluding carboxylic acids is 1. The van der Waals surface area contributed by atoms with Crippen molar-refractivity contribution in [2.45, 2.75) is 0 Å². The van der Waals surface area contributed by atoms with Gasteiger partial charge in [0.2, 0.25) is 0 Å². The van der Waals surface area contributed by atoms with E-state index in [1.807, 2.05) is 12.1 Å². The van der Waals surface area contributed by atoms with Gasteiger partial charge in [-0.15, -0.1) is 0 Å². The number of anilines is 1. The quantitative estimate of drug-likeness (QED) is 0.251. The number of halogens is 1. The molecule has 0 atom stereocenters. The molecule has 0 saturated carbocycles. The van der Waals surface area contributed by atoms with Crippen molar-refractivity contribution in [1.29, 1.82) is 0 Å². The summed E-state index contributed by atoms with van der Waals surface area (Å²) in [5.41, 5.74) is 0.779. The lowest BCUT2D eigenvalue weighted by molar-refractivity contribution is -0.385. The molecule has 1 heterocycles. The maximum atomic E-state index is 12.6. The smallest absolute Gasteiger partial charge is 0.344 e. The molecule has 32 heavy (non-hydrogen) atoms. The minimum Gasteiger partial charge on any atom is -0.490 e. The minimum absolute atomic E-state index is 0.0492. The molecule has 0 aliphatic rings. The van der Waals surface area contributed by atoms with Crippen LogP contribution in [-0.2, 0) is 0 Å². The molecular formula is C23H15ClN2O6. The number of fused-ring (bicyclic) bond motifs is 1. The largest absolute Gasteiger partial charge is 0.490 e. The van der Waals surface area contributed by atoms with Crippen molar-refractivity contribution < 1.29 is 18.9 Å². The van der Waals surface area contributed by atoms with Crippen LogP contribution in [0.1, 0.15) is 10.4 Å². The molecule has 0 fully saturated rings. The van der Waals surface area contributed by atoms with E-state index in [1.54, 1.807) is 30.3 Å². The third-order valence-corrected chi connectivity index (χ3v) is 5.11. The third-order valence-electron chi connectivity index (χ3n) is 4.80. The average molecular weight is 451 g/mol. The van der Waals surface area contributed by atoms with Crippen LogP contribution in [0.15, 0.2) is 75.9 Å². The molecule has 0 bridgehead atoms. The molecule has 1 aromatic heterocycles. The zero-order valence-electron chi connectivity index (χ0n) is 16.6. The maximum absolute atomic E-state index is 12.6. The standard InChI is InChI=1S/C23H15ClN2O6/c1-31-21-9-6-14(11-19(21)26(29)30)22(27)25-15-7-8-16(18(24)12-15)17-10-13-4-2-3-5-20(13)32-23(17)28/h2-12H,1H3,(H,25,27). The summed E-state index contributed by atoms with van der Waals surface area (Å²) in [5.74, 6) is -0.516. The summed E-state index contributed by atoms with van der Waals surface area (Å²) in [6.45, 7) is 0. The second-order valence-electron chi connectivity index (χ2n) is 6.78. The fourth-order valence-corrected chi connectivity index (χ4v) is 3.52. The van der Waals surface area contributed by atoms with E-state index >= 15 is 0 Å². The van der Waals surface area contributed by atoms with Gasteiger partial charge in [-0.05, 0) is 36.4 Å². The lowest BCUT2D eigenvalue weighted by Gasteiger charge is -2.10. The number of methoxy groups -OCH3 is 1. The number of hydrogen-bond acceptors (Lipinski definition) is 6. The van der Waals surface area contributed by atoms with Crippen LogP contribution in [-0.4, -0.2) is 17.9 Å². The fourth-order valence-electron chi connectivity index (χ4n) is 3.24. The third kappa shape index (κ3) is 4.03. The first-order valence-electron chi connectivity index (χ1n) is 9.34. The molecule has 8 nitrogen and oxygen atoms in total. The highest BCUT2D eigenvalue weighted by Crippen LogP contribution is 2.31. The molecule has 0 aliphatic heterocycles. The monoisotopic (exact) mass is 450 g/mol. The molecule has 0 unspecified atom stereocenters. The first-order valence-corrected chi connectivity index (χ1v) is 9.72. The number of hydrogen-bond donors (Lipinski definition) is 1. The van der Waals surface area contributed by atoms with Gasteiger partial charge in [-0.25, -0.2) is 4.79 Å². The highest BCUT2D eigenvalue weighted by atomic mass is 35.5. The molecule has 0 saturated heterocycles. The number of rotatable bonds is 5. The highest BCUT2D eigenvalue weighted by Gasteiger charge is 2.19. The Morgan fingerprint density at radius 1 is 1.06 bits per heavy atom. The number of carbonyl (C=O) groups is 1. The Hall–Kier alpha value is -4.17. The van der Waals surface area contributed by atoms with Crippen LogP contribution < -0.4 is 15.7 Å². The van der Waals surface area contributed by atoms with Gasteiger partial charge in [0.1, 0.15) is 5.58 Å². The molecule has 4 aromatic rings. The number of nitro benzene ring substituents is 1. The van der Waals surface area contributed by atoms with Crippen LogP contribution >= 0.6 is 11.6 Å². The summed E-state index contributed by atoms with van der Waals surface area (Å²) in [7, 11) is 1.31. The first-order chi connectivity index (χ1) is 15.4. The van der Waals surface area contributed by atoms with E-state index in [0.29, 0.717) is 16.8 Å². The van der Waals surface area contributed by atoms with Gasteiger partial charge < -0.3 is 14.5 Å². The molecule has 9 heteroatoms. The normalized spacial score (nSPS) is 10.7. The number of benzene rings is 3. The van der Waals surface area contributed by atoms with Crippen molar-refractivity contribution >= 4 is 39.9 Å². The van der Waals surface area contributed by atoms with Crippen LogP contribution in [0.5, 0.6) is 5.75 Å². The second-order valence-corrected chi connectivity index (χ2v) is 7.19. The van der Waals surface area contributed by atoms with Gasteiger partial charge in [-0.3, -0.25) is 14.9 Å². The van der Waals surface area contributed by atoms with Gasteiger partial charge in [0.05, 0.1) is 22.6 Å². The van der Waals surface area contributed by atoms with Gasteiger partial charge in [-0.2, -0.15) is 0 Å². The molecule has 0 radical (unpaired) electrons. The Morgan fingerprint density at radius 3 is 2.56 bits per heavy atom. The molecule has 0 spiro atoms. The lowest BCUT2D eigenvalue weighted by Crippen LogP contribution is -2.12. The van der Waals surface area contributed by atoms with Crippen molar-refractivity contribution in [3.8, 4) is 16.9 Å². The van der Waals surface area contributed by atoms with Crippen LogP contribution in [0, 0.1) is 10.1 Å². The fraction of sp³-hybridized carbons (Fsp3) is 0.0435. The molecule has 4 rings (SSSR count). The van der Waals surface area contributed by atoms with E-state index in [9.17, 15) is 19.7 Å². The Balaban J connectivity index is 1.63. The summed E-state index contributed by atoms with van der Waals surface area (Å²) in [4.78, 5) is 35.5. The van der Waals surface area contributed by atoms with Crippen molar-refractivity contribution in [1.82, 2.24) is 0 Å². The Kier molecular flexibility index (Phi) is 5.61. The van der Waals surface area contributed by atoms with Crippen LogP contribution in [0.2, 0.25) is 5.02 Å².